The number of amides is 1. The number of fused-ring (bicyclic) bond motifs is 2. The minimum Gasteiger partial charge on any atom is -0.447 e. The molecule has 0 bridgehead atoms. The highest BCUT2D eigenvalue weighted by atomic mass is 16.6. The number of carbonyl (C=O) groups excluding carboxylic acids is 1. The maximum atomic E-state index is 11.8. The lowest BCUT2D eigenvalue weighted by Gasteiger charge is -2.46. The maximum absolute atomic E-state index is 11.8. The number of ether oxygens (including phenoxy) is 2. The van der Waals surface area contributed by atoms with E-state index in [1.54, 1.807) is 11.0 Å². The van der Waals surface area contributed by atoms with Crippen LogP contribution < -0.4 is 0 Å². The van der Waals surface area contributed by atoms with Crippen LogP contribution >= 0.6 is 0 Å². The van der Waals surface area contributed by atoms with Gasteiger partial charge in [-0.3, -0.25) is 4.98 Å². The molecule has 1 fully saturated rings. The summed E-state index contributed by atoms with van der Waals surface area (Å²) in [5, 5.41) is 2.84. The maximum Gasteiger partial charge on any atom is 0.410 e. The van der Waals surface area contributed by atoms with E-state index in [9.17, 15) is 9.70 Å². The molecular weight excluding hydrogens is 274 g/mol. The zero-order valence-corrected chi connectivity index (χ0v) is 12.0. The second-order valence-electron chi connectivity index (χ2n) is 5.66. The number of aromatic nitrogens is 1. The molecule has 0 aliphatic carbocycles. The number of likely N-dealkylation sites (tertiary alicyclic amines) is 1. The topological polar surface area (TPSA) is 81.1 Å². The fraction of sp³-hybridized carbons (Fsp3) is 0.571. The molecule has 1 amide bonds. The first-order valence-electron chi connectivity index (χ1n) is 6.92. The first-order valence-corrected chi connectivity index (χ1v) is 6.92. The normalized spacial score (nSPS) is 18.5. The van der Waals surface area contributed by atoms with Gasteiger partial charge in [-0.25, -0.2) is 4.79 Å². The molecule has 0 radical (unpaired) electrons. The second kappa shape index (κ2) is 5.07. The Morgan fingerprint density at radius 3 is 2.95 bits per heavy atom. The van der Waals surface area contributed by atoms with Crippen molar-refractivity contribution in [3.05, 3.63) is 34.0 Å². The molecule has 2 aliphatic rings. The van der Waals surface area contributed by atoms with Gasteiger partial charge in [-0.15, -0.1) is 0 Å². The Morgan fingerprint density at radius 2 is 2.29 bits per heavy atom. The van der Waals surface area contributed by atoms with Crippen molar-refractivity contribution in [2.45, 2.75) is 38.7 Å². The van der Waals surface area contributed by atoms with E-state index < -0.39 is 5.60 Å². The number of carbonyl (C=O) groups is 1. The summed E-state index contributed by atoms with van der Waals surface area (Å²) >= 11 is 0. The average Bonchev–Trinajstić information content (AvgIpc) is 2.75. The minimum atomic E-state index is -0.467. The lowest BCUT2D eigenvalue weighted by molar-refractivity contribution is -0.133. The van der Waals surface area contributed by atoms with E-state index in [2.05, 4.69) is 10.2 Å². The van der Waals surface area contributed by atoms with E-state index >= 15 is 0 Å². The van der Waals surface area contributed by atoms with E-state index in [1.807, 2.05) is 19.9 Å². The molecule has 0 aromatic carbocycles. The van der Waals surface area contributed by atoms with Gasteiger partial charge < -0.3 is 14.4 Å². The van der Waals surface area contributed by atoms with Crippen molar-refractivity contribution in [1.29, 1.82) is 0 Å². The van der Waals surface area contributed by atoms with Crippen LogP contribution in [0.1, 0.15) is 30.8 Å². The van der Waals surface area contributed by atoms with E-state index in [0.29, 0.717) is 25.4 Å². The fourth-order valence-corrected chi connectivity index (χ4v) is 2.75. The summed E-state index contributed by atoms with van der Waals surface area (Å²) in [7, 11) is 0. The molecule has 0 saturated carbocycles. The van der Waals surface area contributed by atoms with Crippen LogP contribution in [0.25, 0.3) is 0 Å². The van der Waals surface area contributed by atoms with Crippen molar-refractivity contribution in [3.8, 4) is 0 Å². The molecule has 21 heavy (non-hydrogen) atoms. The number of rotatable bonds is 3. The molecule has 0 atom stereocenters. The summed E-state index contributed by atoms with van der Waals surface area (Å²) in [5.41, 5.74) is 1.99. The molecule has 1 saturated heterocycles. The predicted octanol–water partition coefficient (Wildman–Crippen LogP) is 1.93. The van der Waals surface area contributed by atoms with Crippen LogP contribution in [0.3, 0.4) is 0 Å². The van der Waals surface area contributed by atoms with Gasteiger partial charge in [-0.05, 0) is 19.9 Å². The largest absolute Gasteiger partial charge is 0.447 e. The third-order valence-electron chi connectivity index (χ3n) is 3.72. The first kappa shape index (κ1) is 13.9. The van der Waals surface area contributed by atoms with Crippen LogP contribution in [0, 0.1) is 4.91 Å². The van der Waals surface area contributed by atoms with Gasteiger partial charge in [0.25, 0.3) is 0 Å². The molecule has 0 N–H and O–H groups in total. The average molecular weight is 291 g/mol. The number of hydrogen-bond donors (Lipinski definition) is 0. The van der Waals surface area contributed by atoms with E-state index in [1.165, 1.54) is 0 Å². The molecule has 3 heterocycles. The zero-order valence-electron chi connectivity index (χ0n) is 12.0. The van der Waals surface area contributed by atoms with Gasteiger partial charge in [0.2, 0.25) is 0 Å². The first-order chi connectivity index (χ1) is 10.0. The van der Waals surface area contributed by atoms with Crippen LogP contribution in [-0.2, 0) is 28.2 Å². The summed E-state index contributed by atoms with van der Waals surface area (Å²) in [4.78, 5) is 28.1. The summed E-state index contributed by atoms with van der Waals surface area (Å²) in [6.07, 6.45) is -0.451. The molecule has 1 spiro atoms. The van der Waals surface area contributed by atoms with Gasteiger partial charge in [0.1, 0.15) is 12.1 Å². The Morgan fingerprint density at radius 1 is 1.52 bits per heavy atom. The summed E-state index contributed by atoms with van der Waals surface area (Å²) in [6, 6.07) is 3.70. The summed E-state index contributed by atoms with van der Waals surface area (Å²) in [5.74, 6) is 0. The van der Waals surface area contributed by atoms with E-state index in [4.69, 9.17) is 9.47 Å². The van der Waals surface area contributed by atoms with Gasteiger partial charge in [0, 0.05) is 5.56 Å². The number of pyridine rings is 1. The van der Waals surface area contributed by atoms with Crippen LogP contribution in [-0.4, -0.2) is 35.2 Å². The standard InChI is InChI=1S/C14H17N3O4/c1-9(2)21-13(18)17-7-14(8-17)11-4-3-10(5-15-19)16-12(11)6-20-14/h3-4,9H,5-8H2,1-2H3. The quantitative estimate of drug-likeness (QED) is 0.795. The Labute approximate surface area is 122 Å². The van der Waals surface area contributed by atoms with Gasteiger partial charge in [0.15, 0.2) is 0 Å². The number of nitrogens with zero attached hydrogens (tertiary/aromatic N) is 3. The Balaban J connectivity index is 1.71. The Kier molecular flexibility index (Phi) is 3.36. The lowest BCUT2D eigenvalue weighted by atomic mass is 9.87. The van der Waals surface area contributed by atoms with Gasteiger partial charge in [-0.1, -0.05) is 11.2 Å². The van der Waals surface area contributed by atoms with Gasteiger partial charge in [0.05, 0.1) is 37.2 Å². The summed E-state index contributed by atoms with van der Waals surface area (Å²) in [6.45, 7) is 5.04. The molecule has 1 aromatic heterocycles. The fourth-order valence-electron chi connectivity index (χ4n) is 2.75. The number of nitroso groups, excluding NO2 is 1. The minimum absolute atomic E-state index is 0.0626. The molecule has 7 nitrogen and oxygen atoms in total. The van der Waals surface area contributed by atoms with E-state index in [-0.39, 0.29) is 18.7 Å². The molecule has 1 aromatic rings. The highest BCUT2D eigenvalue weighted by Crippen LogP contribution is 2.43. The molecule has 2 aliphatic heterocycles. The van der Waals surface area contributed by atoms with Gasteiger partial charge >= 0.3 is 6.09 Å². The third kappa shape index (κ3) is 2.37. The van der Waals surface area contributed by atoms with Crippen molar-refractivity contribution in [1.82, 2.24) is 9.88 Å². The highest BCUT2D eigenvalue weighted by Gasteiger charge is 2.52. The lowest BCUT2D eigenvalue weighted by Crippen LogP contribution is -2.61. The van der Waals surface area contributed by atoms with Crippen LogP contribution in [0.2, 0.25) is 0 Å². The van der Waals surface area contributed by atoms with E-state index in [0.717, 1.165) is 11.3 Å². The number of hydrogen-bond acceptors (Lipinski definition) is 6. The summed E-state index contributed by atoms with van der Waals surface area (Å²) < 4.78 is 11.0. The predicted molar refractivity (Wildman–Crippen MR) is 73.4 cm³/mol. The SMILES string of the molecule is CC(C)OC(=O)N1CC2(C1)OCc1nc(CN=O)ccc12. The Bertz CT molecular complexity index is 582. The monoisotopic (exact) mass is 291 g/mol. The molecule has 7 heteroatoms. The molecular formula is C14H17N3O4. The Hall–Kier alpha value is -2.02. The molecule has 0 unspecified atom stereocenters. The molecule has 3 rings (SSSR count). The van der Waals surface area contributed by atoms with Gasteiger partial charge in [-0.2, -0.15) is 4.91 Å². The van der Waals surface area contributed by atoms with Crippen LogP contribution in [0.15, 0.2) is 17.3 Å². The smallest absolute Gasteiger partial charge is 0.410 e. The van der Waals surface area contributed by atoms with Crippen molar-refractivity contribution < 1.29 is 14.3 Å². The van der Waals surface area contributed by atoms with Crippen molar-refractivity contribution in [3.63, 3.8) is 0 Å². The van der Waals surface area contributed by atoms with Crippen LogP contribution in [0.4, 0.5) is 4.79 Å². The third-order valence-corrected chi connectivity index (χ3v) is 3.72. The van der Waals surface area contributed by atoms with Crippen molar-refractivity contribution in [2.24, 2.45) is 5.18 Å². The second-order valence-corrected chi connectivity index (χ2v) is 5.66. The van der Waals surface area contributed by atoms with Crippen molar-refractivity contribution >= 4 is 6.09 Å². The highest BCUT2D eigenvalue weighted by molar-refractivity contribution is 5.70. The zero-order chi connectivity index (χ0) is 15.0. The van der Waals surface area contributed by atoms with Crippen LogP contribution in [0.5, 0.6) is 0 Å². The van der Waals surface area contributed by atoms with Crippen molar-refractivity contribution in [2.75, 3.05) is 13.1 Å². The molecule has 112 valence electrons.